The van der Waals surface area contributed by atoms with Crippen LogP contribution in [0.3, 0.4) is 0 Å². The van der Waals surface area contributed by atoms with Gasteiger partial charge in [0, 0.05) is 6.92 Å². The van der Waals surface area contributed by atoms with Gasteiger partial charge in [-0.3, -0.25) is 4.79 Å². The van der Waals surface area contributed by atoms with Gasteiger partial charge in [-0.25, -0.2) is 4.39 Å². The minimum Gasteiger partial charge on any atom is -0.452 e. The highest BCUT2D eigenvalue weighted by Gasteiger charge is 2.11. The maximum absolute atomic E-state index is 14.0. The fraction of sp³-hybridized carbons (Fsp3) is 0.188. The highest BCUT2D eigenvalue weighted by molar-refractivity contribution is 5.90. The van der Waals surface area contributed by atoms with E-state index >= 15 is 0 Å². The number of carbonyl (C=O) groups excluding carboxylic acids is 1. The van der Waals surface area contributed by atoms with Gasteiger partial charge >= 0.3 is 0 Å². The van der Waals surface area contributed by atoms with Crippen LogP contribution in [0.1, 0.15) is 25.5 Å². The molecule has 0 unspecified atom stereocenters. The van der Waals surface area contributed by atoms with Crippen molar-refractivity contribution in [3.8, 4) is 11.5 Å². The number of aliphatic hydroxyl groups is 1. The molecule has 21 heavy (non-hydrogen) atoms. The molecule has 5 heteroatoms. The molecule has 0 fully saturated rings. The Morgan fingerprint density at radius 2 is 1.95 bits per heavy atom. The maximum Gasteiger partial charge on any atom is 0.221 e. The highest BCUT2D eigenvalue weighted by atomic mass is 19.1. The Morgan fingerprint density at radius 1 is 1.24 bits per heavy atom. The number of amides is 1. The number of para-hydroxylation sites is 2. The van der Waals surface area contributed by atoms with E-state index in [2.05, 4.69) is 5.32 Å². The molecule has 0 radical (unpaired) electrons. The number of ether oxygens (including phenoxy) is 1. The van der Waals surface area contributed by atoms with Crippen molar-refractivity contribution < 1.29 is 19.0 Å². The summed E-state index contributed by atoms with van der Waals surface area (Å²) in [6.07, 6.45) is -0.750. The number of hydrogen-bond acceptors (Lipinski definition) is 3. The number of carbonyl (C=O) groups is 1. The maximum atomic E-state index is 14.0. The fourth-order valence-electron chi connectivity index (χ4n) is 1.83. The van der Waals surface area contributed by atoms with Crippen LogP contribution in [0.5, 0.6) is 11.5 Å². The number of rotatable bonds is 4. The summed E-state index contributed by atoms with van der Waals surface area (Å²) >= 11 is 0. The molecule has 0 saturated heterocycles. The summed E-state index contributed by atoms with van der Waals surface area (Å²) < 4.78 is 19.5. The number of halogens is 1. The second-order valence-electron chi connectivity index (χ2n) is 4.65. The van der Waals surface area contributed by atoms with Crippen molar-refractivity contribution in [3.63, 3.8) is 0 Å². The first-order chi connectivity index (χ1) is 9.97. The number of hydrogen-bond donors (Lipinski definition) is 2. The largest absolute Gasteiger partial charge is 0.452 e. The van der Waals surface area contributed by atoms with Gasteiger partial charge in [0.1, 0.15) is 0 Å². The third-order valence-electron chi connectivity index (χ3n) is 2.86. The van der Waals surface area contributed by atoms with E-state index in [-0.39, 0.29) is 11.7 Å². The lowest BCUT2D eigenvalue weighted by Crippen LogP contribution is -2.07. The first kappa shape index (κ1) is 15.0. The summed E-state index contributed by atoms with van der Waals surface area (Å²) in [6.45, 7) is 2.94. The molecule has 0 aliphatic carbocycles. The Bertz CT molecular complexity index is 656. The minimum atomic E-state index is -0.750. The van der Waals surface area contributed by atoms with E-state index in [0.717, 1.165) is 0 Å². The van der Waals surface area contributed by atoms with Crippen LogP contribution in [0.15, 0.2) is 42.5 Å². The molecule has 0 heterocycles. The van der Waals surface area contributed by atoms with Crippen LogP contribution in [0.25, 0.3) is 0 Å². The van der Waals surface area contributed by atoms with Crippen molar-refractivity contribution in [3.05, 3.63) is 53.8 Å². The van der Waals surface area contributed by atoms with Crippen molar-refractivity contribution in [1.82, 2.24) is 0 Å². The van der Waals surface area contributed by atoms with E-state index in [1.165, 1.54) is 19.1 Å². The molecule has 0 spiro atoms. The number of benzene rings is 2. The molecule has 0 saturated carbocycles. The van der Waals surface area contributed by atoms with Gasteiger partial charge in [0.05, 0.1) is 11.8 Å². The van der Waals surface area contributed by atoms with E-state index in [4.69, 9.17) is 4.74 Å². The molecule has 0 bridgehead atoms. The molecule has 2 N–H and O–H groups in total. The van der Waals surface area contributed by atoms with E-state index < -0.39 is 11.9 Å². The van der Waals surface area contributed by atoms with Crippen molar-refractivity contribution >= 4 is 11.6 Å². The van der Waals surface area contributed by atoms with Crippen LogP contribution in [-0.4, -0.2) is 11.0 Å². The van der Waals surface area contributed by atoms with Gasteiger partial charge in [-0.15, -0.1) is 0 Å². The second kappa shape index (κ2) is 6.37. The fourth-order valence-corrected chi connectivity index (χ4v) is 1.83. The minimum absolute atomic E-state index is 0.0252. The van der Waals surface area contributed by atoms with Crippen LogP contribution >= 0.6 is 0 Å². The normalized spacial score (nSPS) is 11.8. The second-order valence-corrected chi connectivity index (χ2v) is 4.65. The zero-order chi connectivity index (χ0) is 15.4. The first-order valence-corrected chi connectivity index (χ1v) is 6.49. The summed E-state index contributed by atoms with van der Waals surface area (Å²) in [4.78, 5) is 11.1. The predicted molar refractivity (Wildman–Crippen MR) is 77.9 cm³/mol. The highest BCUT2D eigenvalue weighted by Crippen LogP contribution is 2.31. The average molecular weight is 289 g/mol. The molecule has 1 amide bonds. The van der Waals surface area contributed by atoms with E-state index in [9.17, 15) is 14.3 Å². The van der Waals surface area contributed by atoms with Crippen LogP contribution in [0, 0.1) is 5.82 Å². The Kier molecular flexibility index (Phi) is 4.55. The third-order valence-corrected chi connectivity index (χ3v) is 2.86. The summed E-state index contributed by atoms with van der Waals surface area (Å²) in [5.74, 6) is -0.449. The summed E-state index contributed by atoms with van der Waals surface area (Å²) in [5, 5.41) is 12.0. The summed E-state index contributed by atoms with van der Waals surface area (Å²) in [6, 6.07) is 11.0. The van der Waals surface area contributed by atoms with E-state index in [1.54, 1.807) is 37.3 Å². The Morgan fingerprint density at radius 3 is 2.57 bits per heavy atom. The average Bonchev–Trinajstić information content (AvgIpc) is 2.42. The van der Waals surface area contributed by atoms with Gasteiger partial charge in [-0.05, 0) is 36.8 Å². The summed E-state index contributed by atoms with van der Waals surface area (Å²) in [5.41, 5.74) is 0.930. The van der Waals surface area contributed by atoms with Crippen molar-refractivity contribution in [2.24, 2.45) is 0 Å². The lowest BCUT2D eigenvalue weighted by atomic mass is 10.1. The lowest BCUT2D eigenvalue weighted by Gasteiger charge is -2.13. The molecule has 2 rings (SSSR count). The van der Waals surface area contributed by atoms with Gasteiger partial charge in [0.25, 0.3) is 0 Å². The predicted octanol–water partition coefficient (Wildman–Crippen LogP) is 3.63. The van der Waals surface area contributed by atoms with Gasteiger partial charge in [-0.2, -0.15) is 0 Å². The standard InChI is InChI=1S/C16H16FNO3/c1-10(19)12-7-8-15(13(17)9-12)21-16-6-4-3-5-14(16)18-11(2)20/h3-10,19H,1-2H3,(H,18,20)/t10-/m1/s1. The summed E-state index contributed by atoms with van der Waals surface area (Å²) in [7, 11) is 0. The van der Waals surface area contributed by atoms with Crippen LogP contribution in [0.4, 0.5) is 10.1 Å². The zero-order valence-electron chi connectivity index (χ0n) is 11.8. The number of nitrogens with one attached hydrogen (secondary N) is 1. The molecule has 110 valence electrons. The van der Waals surface area contributed by atoms with Gasteiger partial charge in [-0.1, -0.05) is 18.2 Å². The molecule has 0 aromatic heterocycles. The van der Waals surface area contributed by atoms with Crippen molar-refractivity contribution in [2.45, 2.75) is 20.0 Å². The molecule has 4 nitrogen and oxygen atoms in total. The Hall–Kier alpha value is -2.40. The smallest absolute Gasteiger partial charge is 0.221 e. The topological polar surface area (TPSA) is 58.6 Å². The van der Waals surface area contributed by atoms with Crippen LogP contribution in [0.2, 0.25) is 0 Å². The lowest BCUT2D eigenvalue weighted by molar-refractivity contribution is -0.114. The first-order valence-electron chi connectivity index (χ1n) is 6.49. The quantitative estimate of drug-likeness (QED) is 0.903. The van der Waals surface area contributed by atoms with E-state index in [1.807, 2.05) is 0 Å². The third kappa shape index (κ3) is 3.79. The number of aliphatic hydroxyl groups excluding tert-OH is 1. The molecule has 0 aliphatic rings. The van der Waals surface area contributed by atoms with Crippen LogP contribution < -0.4 is 10.1 Å². The van der Waals surface area contributed by atoms with Gasteiger partial charge in [0.15, 0.2) is 17.3 Å². The number of anilines is 1. The van der Waals surface area contributed by atoms with Crippen LogP contribution in [-0.2, 0) is 4.79 Å². The Labute approximate surface area is 122 Å². The van der Waals surface area contributed by atoms with Crippen molar-refractivity contribution in [1.29, 1.82) is 0 Å². The SMILES string of the molecule is CC(=O)Nc1ccccc1Oc1ccc([C@@H](C)O)cc1F. The Balaban J connectivity index is 2.28. The zero-order valence-corrected chi connectivity index (χ0v) is 11.8. The molecular formula is C16H16FNO3. The van der Waals surface area contributed by atoms with Gasteiger partial charge < -0.3 is 15.2 Å². The molecule has 2 aromatic rings. The molecule has 1 atom stereocenters. The molecular weight excluding hydrogens is 273 g/mol. The van der Waals surface area contributed by atoms with E-state index in [0.29, 0.717) is 17.0 Å². The monoisotopic (exact) mass is 289 g/mol. The molecule has 2 aromatic carbocycles. The van der Waals surface area contributed by atoms with Gasteiger partial charge in [0.2, 0.25) is 5.91 Å². The van der Waals surface area contributed by atoms with Crippen molar-refractivity contribution in [2.75, 3.05) is 5.32 Å². The molecule has 0 aliphatic heterocycles.